The molecule has 4 fully saturated rings. The minimum absolute atomic E-state index is 0.114. The van der Waals surface area contributed by atoms with E-state index in [0.717, 1.165) is 44.5 Å². The second-order valence-corrected chi connectivity index (χ2v) is 11.6. The summed E-state index contributed by atoms with van der Waals surface area (Å²) in [6, 6.07) is 3.06. The van der Waals surface area contributed by atoms with Gasteiger partial charge in [0.05, 0.1) is 11.9 Å². The fourth-order valence-corrected chi connectivity index (χ4v) is 7.37. The van der Waals surface area contributed by atoms with Crippen LogP contribution in [0.25, 0.3) is 0 Å². The van der Waals surface area contributed by atoms with Crippen LogP contribution >= 0.6 is 0 Å². The lowest BCUT2D eigenvalue weighted by Crippen LogP contribution is -2.53. The molecule has 0 amide bonds. The van der Waals surface area contributed by atoms with Crippen LogP contribution in [0.4, 0.5) is 8.78 Å². The van der Waals surface area contributed by atoms with Crippen LogP contribution in [0, 0.1) is 23.5 Å². The van der Waals surface area contributed by atoms with Crippen LogP contribution in [0.1, 0.15) is 37.4 Å². The van der Waals surface area contributed by atoms with E-state index in [4.69, 9.17) is 10.5 Å². The predicted molar refractivity (Wildman–Crippen MR) is 108 cm³/mol. The number of piperidine rings is 1. The van der Waals surface area contributed by atoms with Crippen LogP contribution in [-0.4, -0.2) is 67.7 Å². The van der Waals surface area contributed by atoms with Crippen LogP contribution in [0.15, 0.2) is 18.2 Å². The summed E-state index contributed by atoms with van der Waals surface area (Å²) in [5.41, 5.74) is 6.50. The summed E-state index contributed by atoms with van der Waals surface area (Å²) in [6.07, 6.45) is 2.55. The Labute approximate surface area is 176 Å². The number of benzene rings is 1. The monoisotopic (exact) mass is 441 g/mol. The molecule has 0 spiro atoms. The van der Waals surface area contributed by atoms with Crippen LogP contribution in [-0.2, 0) is 14.8 Å². The highest BCUT2D eigenvalue weighted by Crippen LogP contribution is 2.39. The molecule has 166 valence electrons. The van der Waals surface area contributed by atoms with Crippen molar-refractivity contribution in [2.45, 2.75) is 49.1 Å². The number of nitrogens with two attached hydrogens (primary N) is 1. The zero-order valence-electron chi connectivity index (χ0n) is 16.9. The molecule has 9 heteroatoms. The summed E-state index contributed by atoms with van der Waals surface area (Å²) in [7, 11) is -3.12. The van der Waals surface area contributed by atoms with Crippen molar-refractivity contribution in [1.82, 2.24) is 9.21 Å². The van der Waals surface area contributed by atoms with E-state index in [1.807, 2.05) is 0 Å². The minimum atomic E-state index is -3.12. The third-order valence-electron chi connectivity index (χ3n) is 7.29. The summed E-state index contributed by atoms with van der Waals surface area (Å²) in [4.78, 5) is 2.35. The van der Waals surface area contributed by atoms with Crippen molar-refractivity contribution < 1.29 is 21.9 Å². The third-order valence-corrected chi connectivity index (χ3v) is 9.62. The first-order valence-electron chi connectivity index (χ1n) is 10.9. The smallest absolute Gasteiger partial charge is 0.217 e. The van der Waals surface area contributed by atoms with Crippen LogP contribution in [0.2, 0.25) is 0 Å². The second-order valence-electron chi connectivity index (χ2n) is 9.34. The average Bonchev–Trinajstić information content (AvgIpc) is 3.49. The van der Waals surface area contributed by atoms with Crippen LogP contribution < -0.4 is 5.73 Å². The van der Waals surface area contributed by atoms with Gasteiger partial charge < -0.3 is 10.5 Å². The summed E-state index contributed by atoms with van der Waals surface area (Å²) < 4.78 is 60.6. The lowest BCUT2D eigenvalue weighted by Gasteiger charge is -2.44. The summed E-state index contributed by atoms with van der Waals surface area (Å²) in [5.74, 6) is -0.249. The van der Waals surface area contributed by atoms with E-state index in [9.17, 15) is 17.2 Å². The van der Waals surface area contributed by atoms with E-state index in [1.165, 1.54) is 6.07 Å². The van der Waals surface area contributed by atoms with E-state index in [0.29, 0.717) is 38.0 Å². The van der Waals surface area contributed by atoms with Gasteiger partial charge in [0.25, 0.3) is 0 Å². The molecule has 3 heterocycles. The van der Waals surface area contributed by atoms with Gasteiger partial charge in [-0.25, -0.2) is 21.5 Å². The molecule has 1 aromatic rings. The van der Waals surface area contributed by atoms with Crippen molar-refractivity contribution in [2.24, 2.45) is 17.6 Å². The van der Waals surface area contributed by atoms with Gasteiger partial charge in [0.2, 0.25) is 10.0 Å². The number of hydrogen-bond acceptors (Lipinski definition) is 5. The van der Waals surface area contributed by atoms with Crippen LogP contribution in [0.3, 0.4) is 0 Å². The first-order valence-corrected chi connectivity index (χ1v) is 12.4. The topological polar surface area (TPSA) is 75.9 Å². The number of ether oxygens (including phenoxy) is 1. The van der Waals surface area contributed by atoms with E-state index >= 15 is 0 Å². The van der Waals surface area contributed by atoms with Gasteiger partial charge in [0, 0.05) is 37.3 Å². The van der Waals surface area contributed by atoms with Gasteiger partial charge in [-0.1, -0.05) is 0 Å². The molecule has 30 heavy (non-hydrogen) atoms. The average molecular weight is 442 g/mol. The zero-order valence-corrected chi connectivity index (χ0v) is 17.7. The second kappa shape index (κ2) is 7.78. The first-order chi connectivity index (χ1) is 14.3. The van der Waals surface area contributed by atoms with E-state index in [2.05, 4.69) is 4.90 Å². The molecule has 6 nitrogen and oxygen atoms in total. The summed E-state index contributed by atoms with van der Waals surface area (Å²) >= 11 is 0. The van der Waals surface area contributed by atoms with Gasteiger partial charge in [-0.2, -0.15) is 0 Å². The number of nitrogens with zero attached hydrogens (tertiary/aromatic N) is 2. The Morgan fingerprint density at radius 2 is 1.83 bits per heavy atom. The molecule has 5 atom stereocenters. The number of sulfonamides is 1. The SMILES string of the molecule is N[C@H]1C[C@@H](N2CCC3CN(S(=O)(=O)C4CC4)CC3C2)CO[C@@H]1c1cc(F)ccc1F. The molecule has 3 aliphatic heterocycles. The highest BCUT2D eigenvalue weighted by atomic mass is 32.2. The molecule has 1 aromatic carbocycles. The molecular formula is C21H29F2N3O3S. The fourth-order valence-electron chi connectivity index (χ4n) is 5.42. The third kappa shape index (κ3) is 3.79. The first kappa shape index (κ1) is 20.8. The normalized spacial score (nSPS) is 36.0. The molecule has 4 aliphatic rings. The standard InChI is InChI=1S/C21H29F2N3O3S/c22-15-1-4-19(23)18(7-15)21-20(24)8-16(12-29-21)25-6-5-13-10-26(11-14(13)9-25)30(27,28)17-2-3-17/h1,4,7,13-14,16-17,20-21H,2-3,5-6,8-12,24H2/t13?,14?,16-,20+,21-/m1/s1. The van der Waals surface area contributed by atoms with E-state index in [1.54, 1.807) is 4.31 Å². The number of hydrogen-bond donors (Lipinski definition) is 1. The molecule has 2 unspecified atom stereocenters. The van der Waals surface area contributed by atoms with Gasteiger partial charge in [-0.3, -0.25) is 4.90 Å². The Bertz CT molecular complexity index is 911. The maximum absolute atomic E-state index is 14.2. The summed E-state index contributed by atoms with van der Waals surface area (Å²) in [6.45, 7) is 3.39. The van der Waals surface area contributed by atoms with Crippen LogP contribution in [0.5, 0.6) is 0 Å². The van der Waals surface area contributed by atoms with Crippen molar-refractivity contribution in [3.8, 4) is 0 Å². The highest BCUT2D eigenvalue weighted by molar-refractivity contribution is 7.90. The van der Waals surface area contributed by atoms with Crippen molar-refractivity contribution >= 4 is 10.0 Å². The maximum Gasteiger partial charge on any atom is 0.217 e. The summed E-state index contributed by atoms with van der Waals surface area (Å²) in [5, 5.41) is -0.154. The lowest BCUT2D eigenvalue weighted by atomic mass is 9.86. The van der Waals surface area contributed by atoms with Gasteiger partial charge >= 0.3 is 0 Å². The van der Waals surface area contributed by atoms with Gasteiger partial charge in [-0.05, 0) is 62.3 Å². The number of halogens is 2. The van der Waals surface area contributed by atoms with Gasteiger partial charge in [-0.15, -0.1) is 0 Å². The molecular weight excluding hydrogens is 412 g/mol. The van der Waals surface area contributed by atoms with Gasteiger partial charge in [0.1, 0.15) is 17.7 Å². The molecule has 0 radical (unpaired) electrons. The van der Waals surface area contributed by atoms with Crippen molar-refractivity contribution in [1.29, 1.82) is 0 Å². The number of rotatable bonds is 4. The zero-order chi connectivity index (χ0) is 21.0. The largest absolute Gasteiger partial charge is 0.370 e. The molecule has 5 rings (SSSR count). The molecule has 1 saturated carbocycles. The van der Waals surface area contributed by atoms with Crippen molar-refractivity contribution in [3.63, 3.8) is 0 Å². The highest BCUT2D eigenvalue weighted by Gasteiger charge is 2.48. The van der Waals surface area contributed by atoms with Gasteiger partial charge in [0.15, 0.2) is 0 Å². The predicted octanol–water partition coefficient (Wildman–Crippen LogP) is 1.87. The Morgan fingerprint density at radius 3 is 2.57 bits per heavy atom. The molecule has 3 saturated heterocycles. The Hall–Kier alpha value is -1.13. The van der Waals surface area contributed by atoms with Crippen molar-refractivity contribution in [3.05, 3.63) is 35.4 Å². The molecule has 1 aliphatic carbocycles. The quantitative estimate of drug-likeness (QED) is 0.772. The molecule has 2 N–H and O–H groups in total. The Morgan fingerprint density at radius 1 is 1.07 bits per heavy atom. The number of likely N-dealkylation sites (tertiary alicyclic amines) is 1. The van der Waals surface area contributed by atoms with E-state index in [-0.39, 0.29) is 16.9 Å². The Balaban J connectivity index is 1.21. The molecule has 0 bridgehead atoms. The van der Waals surface area contributed by atoms with Crippen molar-refractivity contribution in [2.75, 3.05) is 32.8 Å². The molecule has 0 aromatic heterocycles. The lowest BCUT2D eigenvalue weighted by molar-refractivity contribution is -0.0616. The Kier molecular flexibility index (Phi) is 5.38. The maximum atomic E-state index is 14.2. The van der Waals surface area contributed by atoms with E-state index < -0.39 is 33.8 Å². The number of fused-ring (bicyclic) bond motifs is 1. The fraction of sp³-hybridized carbons (Fsp3) is 0.714. The minimum Gasteiger partial charge on any atom is -0.370 e.